The van der Waals surface area contributed by atoms with Gasteiger partial charge in [-0.1, -0.05) is 23.8 Å². The Balaban J connectivity index is 2.08. The number of ketones is 1. The molecule has 3 heteroatoms. The molecule has 21 heavy (non-hydrogen) atoms. The first kappa shape index (κ1) is 15.4. The molecule has 0 N–H and O–H groups in total. The van der Waals surface area contributed by atoms with Crippen LogP contribution < -0.4 is 0 Å². The molecule has 0 spiro atoms. The highest BCUT2D eigenvalue weighted by atomic mass is 16.1. The highest BCUT2D eigenvalue weighted by Gasteiger charge is 2.15. The van der Waals surface area contributed by atoms with Gasteiger partial charge in [-0.15, -0.1) is 0 Å². The van der Waals surface area contributed by atoms with Gasteiger partial charge in [-0.3, -0.25) is 14.7 Å². The smallest absolute Gasteiger partial charge is 0.177 e. The van der Waals surface area contributed by atoms with Crippen LogP contribution in [0.1, 0.15) is 32.7 Å². The predicted octanol–water partition coefficient (Wildman–Crippen LogP) is 3.32. The van der Waals surface area contributed by atoms with Gasteiger partial charge in [-0.05, 0) is 51.1 Å². The number of carbonyl (C=O) groups excluding carboxylic acids is 1. The van der Waals surface area contributed by atoms with Crippen LogP contribution in [-0.4, -0.2) is 29.3 Å². The maximum Gasteiger partial charge on any atom is 0.177 e. The van der Waals surface area contributed by atoms with Crippen LogP contribution in [0.5, 0.6) is 0 Å². The second kappa shape index (κ2) is 6.64. The summed E-state index contributed by atoms with van der Waals surface area (Å²) >= 11 is 0. The number of Topliss-reactive ketones (excluding diaryl/α,β-unsaturated/α-hetero) is 1. The largest absolute Gasteiger partial charge is 0.293 e. The molecule has 3 nitrogen and oxygen atoms in total. The van der Waals surface area contributed by atoms with Crippen LogP contribution in [0.15, 0.2) is 36.5 Å². The lowest BCUT2D eigenvalue weighted by Crippen LogP contribution is -2.27. The van der Waals surface area contributed by atoms with E-state index in [1.54, 1.807) is 6.20 Å². The van der Waals surface area contributed by atoms with E-state index in [-0.39, 0.29) is 5.78 Å². The van der Waals surface area contributed by atoms with Crippen molar-refractivity contribution in [3.8, 4) is 0 Å². The number of hydrogen-bond donors (Lipinski definition) is 0. The van der Waals surface area contributed by atoms with Crippen molar-refractivity contribution < 1.29 is 4.79 Å². The van der Waals surface area contributed by atoms with Gasteiger partial charge >= 0.3 is 0 Å². The topological polar surface area (TPSA) is 33.2 Å². The Morgan fingerprint density at radius 1 is 1.14 bits per heavy atom. The van der Waals surface area contributed by atoms with E-state index < -0.39 is 0 Å². The second-order valence-corrected chi connectivity index (χ2v) is 5.69. The van der Waals surface area contributed by atoms with Gasteiger partial charge in [0.05, 0.1) is 12.2 Å². The summed E-state index contributed by atoms with van der Waals surface area (Å²) in [4.78, 5) is 18.8. The minimum atomic E-state index is 0.170. The molecule has 0 saturated heterocycles. The maximum absolute atomic E-state index is 12.5. The zero-order chi connectivity index (χ0) is 15.4. The first-order chi connectivity index (χ1) is 9.97. The van der Waals surface area contributed by atoms with E-state index in [1.165, 1.54) is 5.56 Å². The summed E-state index contributed by atoms with van der Waals surface area (Å²) in [6, 6.07) is 9.97. The van der Waals surface area contributed by atoms with Crippen molar-refractivity contribution in [2.45, 2.75) is 27.3 Å². The molecule has 110 valence electrons. The molecule has 1 aromatic carbocycles. The fraction of sp³-hybridized carbons (Fsp3) is 0.333. The van der Waals surface area contributed by atoms with E-state index in [0.29, 0.717) is 13.1 Å². The zero-order valence-corrected chi connectivity index (χ0v) is 13.2. The van der Waals surface area contributed by atoms with Crippen LogP contribution in [0.4, 0.5) is 0 Å². The van der Waals surface area contributed by atoms with Crippen LogP contribution in [-0.2, 0) is 6.54 Å². The number of hydrogen-bond acceptors (Lipinski definition) is 3. The van der Waals surface area contributed by atoms with Crippen LogP contribution >= 0.6 is 0 Å². The van der Waals surface area contributed by atoms with Crippen molar-refractivity contribution in [1.29, 1.82) is 0 Å². The number of pyridine rings is 1. The summed E-state index contributed by atoms with van der Waals surface area (Å²) in [5.41, 5.74) is 5.15. The molecule has 1 aromatic heterocycles. The van der Waals surface area contributed by atoms with E-state index in [4.69, 9.17) is 0 Å². The van der Waals surface area contributed by atoms with Crippen molar-refractivity contribution in [2.24, 2.45) is 0 Å². The first-order valence-electron chi connectivity index (χ1n) is 7.17. The van der Waals surface area contributed by atoms with Crippen LogP contribution in [0.3, 0.4) is 0 Å². The van der Waals surface area contributed by atoms with Crippen LogP contribution in [0.25, 0.3) is 0 Å². The molecule has 0 fully saturated rings. The van der Waals surface area contributed by atoms with Crippen molar-refractivity contribution >= 4 is 5.78 Å². The van der Waals surface area contributed by atoms with Crippen molar-refractivity contribution in [3.05, 3.63) is 64.5 Å². The number of benzene rings is 1. The van der Waals surface area contributed by atoms with Crippen molar-refractivity contribution in [1.82, 2.24) is 9.88 Å². The fourth-order valence-electron chi connectivity index (χ4n) is 2.77. The Morgan fingerprint density at radius 3 is 2.38 bits per heavy atom. The van der Waals surface area contributed by atoms with Crippen molar-refractivity contribution in [2.75, 3.05) is 13.6 Å². The number of rotatable bonds is 5. The molecule has 2 rings (SSSR count). The average molecular weight is 282 g/mol. The molecule has 0 amide bonds. The Bertz CT molecular complexity index is 612. The molecule has 0 bridgehead atoms. The highest BCUT2D eigenvalue weighted by molar-refractivity contribution is 6.00. The minimum Gasteiger partial charge on any atom is -0.293 e. The third kappa shape index (κ3) is 3.99. The monoisotopic (exact) mass is 282 g/mol. The highest BCUT2D eigenvalue weighted by Crippen LogP contribution is 2.17. The predicted molar refractivity (Wildman–Crippen MR) is 85.6 cm³/mol. The summed E-state index contributed by atoms with van der Waals surface area (Å²) in [5, 5.41) is 0. The number of nitrogens with zero attached hydrogens (tertiary/aromatic N) is 2. The molecule has 0 unspecified atom stereocenters. The van der Waals surface area contributed by atoms with E-state index >= 15 is 0 Å². The fourth-order valence-corrected chi connectivity index (χ4v) is 2.77. The minimum absolute atomic E-state index is 0.170. The third-order valence-corrected chi connectivity index (χ3v) is 3.53. The van der Waals surface area contributed by atoms with Gasteiger partial charge in [0.25, 0.3) is 0 Å². The lowest BCUT2D eigenvalue weighted by Gasteiger charge is -2.17. The van der Waals surface area contributed by atoms with Gasteiger partial charge in [-0.2, -0.15) is 0 Å². The van der Waals surface area contributed by atoms with E-state index in [9.17, 15) is 4.79 Å². The lowest BCUT2D eigenvalue weighted by molar-refractivity contribution is 0.0941. The number of likely N-dealkylation sites (N-methyl/N-ethyl adjacent to an activating group) is 1. The van der Waals surface area contributed by atoms with Gasteiger partial charge in [0.1, 0.15) is 0 Å². The molecule has 0 saturated carbocycles. The summed E-state index contributed by atoms with van der Waals surface area (Å²) < 4.78 is 0. The summed E-state index contributed by atoms with van der Waals surface area (Å²) in [6.07, 6.45) is 1.78. The molecule has 0 aliphatic rings. The summed E-state index contributed by atoms with van der Waals surface area (Å²) in [5.74, 6) is 0.170. The molecule has 0 aliphatic carbocycles. The number of carbonyl (C=O) groups is 1. The standard InChI is InChI=1S/C18H22N2O/c1-13-9-14(2)18(15(3)10-13)17(21)12-20(4)11-16-7-5-6-8-19-16/h5-10H,11-12H2,1-4H3. The molecule has 2 aromatic rings. The van der Waals surface area contributed by atoms with Crippen LogP contribution in [0, 0.1) is 20.8 Å². The lowest BCUT2D eigenvalue weighted by atomic mass is 9.96. The van der Waals surface area contributed by atoms with Crippen molar-refractivity contribution in [3.63, 3.8) is 0 Å². The molecular formula is C18H22N2O. The van der Waals surface area contributed by atoms with Crippen LogP contribution in [0.2, 0.25) is 0 Å². The van der Waals surface area contributed by atoms with Gasteiger partial charge in [-0.25, -0.2) is 0 Å². The second-order valence-electron chi connectivity index (χ2n) is 5.69. The first-order valence-corrected chi connectivity index (χ1v) is 7.17. The Hall–Kier alpha value is -2.00. The molecular weight excluding hydrogens is 260 g/mol. The Labute approximate surface area is 126 Å². The van der Waals surface area contributed by atoms with Gasteiger partial charge < -0.3 is 0 Å². The summed E-state index contributed by atoms with van der Waals surface area (Å²) in [6.45, 7) is 7.15. The van der Waals surface area contributed by atoms with E-state index in [1.807, 2.05) is 44.0 Å². The van der Waals surface area contributed by atoms with E-state index in [2.05, 4.69) is 24.0 Å². The number of aryl methyl sites for hydroxylation is 3. The SMILES string of the molecule is Cc1cc(C)c(C(=O)CN(C)Cc2ccccn2)c(C)c1. The Kier molecular flexibility index (Phi) is 4.86. The number of aromatic nitrogens is 1. The van der Waals surface area contributed by atoms with Gasteiger partial charge in [0.2, 0.25) is 0 Å². The van der Waals surface area contributed by atoms with Gasteiger partial charge in [0.15, 0.2) is 5.78 Å². The quantitative estimate of drug-likeness (QED) is 0.789. The average Bonchev–Trinajstić information content (AvgIpc) is 2.38. The zero-order valence-electron chi connectivity index (χ0n) is 13.2. The van der Waals surface area contributed by atoms with E-state index in [0.717, 1.165) is 22.4 Å². The molecule has 0 aliphatic heterocycles. The molecule has 0 atom stereocenters. The maximum atomic E-state index is 12.5. The van der Waals surface area contributed by atoms with Gasteiger partial charge in [0, 0.05) is 18.3 Å². The normalized spacial score (nSPS) is 10.9. The summed E-state index contributed by atoms with van der Waals surface area (Å²) in [7, 11) is 1.95. The third-order valence-electron chi connectivity index (χ3n) is 3.53. The Morgan fingerprint density at radius 2 is 1.81 bits per heavy atom. The molecule has 1 heterocycles. The molecule has 0 radical (unpaired) electrons.